The molecule has 0 bridgehead atoms. The Hall–Kier alpha value is -2.04. The number of nitrogens with zero attached hydrogens (tertiary/aromatic N) is 2. The van der Waals surface area contributed by atoms with Gasteiger partial charge >= 0.3 is 0 Å². The highest BCUT2D eigenvalue weighted by Crippen LogP contribution is 2.34. The second-order valence-corrected chi connectivity index (χ2v) is 15.3. The van der Waals surface area contributed by atoms with Crippen LogP contribution in [-0.4, -0.2) is 30.4 Å². The first-order valence-electron chi connectivity index (χ1n) is 9.78. The molecule has 0 unspecified atom stereocenters. The van der Waals surface area contributed by atoms with Crippen LogP contribution in [0.5, 0.6) is 0 Å². The smallest absolute Gasteiger partial charge is 0.256 e. The van der Waals surface area contributed by atoms with Gasteiger partial charge in [0.15, 0.2) is 0 Å². The molecule has 1 aliphatic heterocycles. The van der Waals surface area contributed by atoms with Gasteiger partial charge in [-0.3, -0.25) is 4.79 Å². The molecule has 0 spiro atoms. The van der Waals surface area contributed by atoms with Gasteiger partial charge in [-0.1, -0.05) is 25.7 Å². The zero-order chi connectivity index (χ0) is 21.5. The second kappa shape index (κ2) is 8.24. The molecule has 1 amide bonds. The molecular formula is C22H23FIN3O2Si. The van der Waals surface area contributed by atoms with E-state index in [1.54, 1.807) is 12.1 Å². The van der Waals surface area contributed by atoms with Crippen molar-refractivity contribution in [3.63, 3.8) is 0 Å². The molecule has 1 N–H and O–H groups in total. The van der Waals surface area contributed by atoms with Gasteiger partial charge in [0.2, 0.25) is 0 Å². The third kappa shape index (κ3) is 4.50. The molecule has 0 aliphatic carbocycles. The zero-order valence-corrected chi connectivity index (χ0v) is 20.3. The van der Waals surface area contributed by atoms with Crippen LogP contribution in [0.15, 0.2) is 36.4 Å². The van der Waals surface area contributed by atoms with Crippen molar-refractivity contribution >= 4 is 64.8 Å². The maximum absolute atomic E-state index is 13.7. The molecule has 0 radical (unpaired) electrons. The number of carbonyl (C=O) groups excluding carboxylic acids is 1. The number of carbonyl (C=O) groups is 1. The summed E-state index contributed by atoms with van der Waals surface area (Å²) in [6.45, 7) is 8.08. The van der Waals surface area contributed by atoms with Crippen molar-refractivity contribution in [1.29, 1.82) is 0 Å². The van der Waals surface area contributed by atoms with E-state index in [9.17, 15) is 9.18 Å². The third-order valence-electron chi connectivity index (χ3n) is 5.02. The summed E-state index contributed by atoms with van der Waals surface area (Å²) in [4.78, 5) is 12.4. The van der Waals surface area contributed by atoms with Crippen LogP contribution in [0.4, 0.5) is 10.1 Å². The molecule has 0 saturated carbocycles. The maximum atomic E-state index is 13.7. The zero-order valence-electron chi connectivity index (χ0n) is 17.1. The summed E-state index contributed by atoms with van der Waals surface area (Å²) in [5.41, 5.74) is 3.46. The van der Waals surface area contributed by atoms with Crippen LogP contribution >= 0.6 is 22.6 Å². The molecular weight excluding hydrogens is 512 g/mol. The number of amides is 1. The number of fused-ring (bicyclic) bond motifs is 2. The SMILES string of the molecule is C[Si](C)(C)CCOCn1nc(I)c2ccc(/C=C3\C(=O)Nc4ccc(F)cc43)cc21. The average Bonchev–Trinajstić information content (AvgIpc) is 3.15. The highest BCUT2D eigenvalue weighted by Gasteiger charge is 2.24. The Morgan fingerprint density at radius 2 is 2.03 bits per heavy atom. The van der Waals surface area contributed by atoms with Gasteiger partial charge in [0.25, 0.3) is 5.91 Å². The lowest BCUT2D eigenvalue weighted by molar-refractivity contribution is -0.110. The van der Waals surface area contributed by atoms with Crippen LogP contribution in [0, 0.1) is 9.52 Å². The molecule has 2 aromatic carbocycles. The summed E-state index contributed by atoms with van der Waals surface area (Å²) in [6.07, 6.45) is 1.79. The van der Waals surface area contributed by atoms with Crippen molar-refractivity contribution in [3.8, 4) is 0 Å². The number of hydrogen-bond donors (Lipinski definition) is 1. The fourth-order valence-corrected chi connectivity index (χ4v) is 4.81. The second-order valence-electron chi connectivity index (χ2n) is 8.62. The Kier molecular flexibility index (Phi) is 5.82. The number of benzene rings is 2. The predicted molar refractivity (Wildman–Crippen MR) is 129 cm³/mol. The van der Waals surface area contributed by atoms with Crippen molar-refractivity contribution in [1.82, 2.24) is 9.78 Å². The standard InChI is InChI=1S/C22H23FIN3O2Si/c1-30(2,3)9-8-29-13-27-20-11-14(4-6-16(20)21(24)26-27)10-18-17-12-15(23)5-7-19(17)25-22(18)28/h4-7,10-12H,8-9,13H2,1-3H3,(H,25,28)/b18-10-. The van der Waals surface area contributed by atoms with Crippen LogP contribution in [-0.2, 0) is 16.3 Å². The lowest BCUT2D eigenvalue weighted by Crippen LogP contribution is -2.22. The first kappa shape index (κ1) is 21.2. The van der Waals surface area contributed by atoms with E-state index >= 15 is 0 Å². The fraction of sp³-hybridized carbons (Fsp3) is 0.273. The van der Waals surface area contributed by atoms with E-state index in [2.05, 4.69) is 52.6 Å². The molecule has 1 aromatic heterocycles. The summed E-state index contributed by atoms with van der Waals surface area (Å²) in [6, 6.07) is 11.3. The van der Waals surface area contributed by atoms with Crippen LogP contribution in [0.25, 0.3) is 22.6 Å². The van der Waals surface area contributed by atoms with Crippen molar-refractivity contribution in [2.75, 3.05) is 11.9 Å². The third-order valence-corrected chi connectivity index (χ3v) is 7.52. The van der Waals surface area contributed by atoms with E-state index in [0.29, 0.717) is 23.6 Å². The van der Waals surface area contributed by atoms with E-state index < -0.39 is 8.07 Å². The maximum Gasteiger partial charge on any atom is 0.256 e. The highest BCUT2D eigenvalue weighted by molar-refractivity contribution is 14.1. The van der Waals surface area contributed by atoms with E-state index in [1.165, 1.54) is 12.1 Å². The van der Waals surface area contributed by atoms with Gasteiger partial charge in [-0.05, 0) is 70.6 Å². The highest BCUT2D eigenvalue weighted by atomic mass is 127. The summed E-state index contributed by atoms with van der Waals surface area (Å²) >= 11 is 2.22. The van der Waals surface area contributed by atoms with Crippen molar-refractivity contribution < 1.29 is 13.9 Å². The molecule has 1 aliphatic rings. The Morgan fingerprint density at radius 3 is 2.80 bits per heavy atom. The van der Waals surface area contributed by atoms with Crippen molar-refractivity contribution in [3.05, 3.63) is 57.0 Å². The van der Waals surface area contributed by atoms with Crippen LogP contribution in [0.1, 0.15) is 11.1 Å². The fourth-order valence-electron chi connectivity index (χ4n) is 3.34. The molecule has 30 heavy (non-hydrogen) atoms. The van der Waals surface area contributed by atoms with Gasteiger partial charge in [-0.15, -0.1) is 0 Å². The van der Waals surface area contributed by atoms with Crippen LogP contribution in [0.2, 0.25) is 25.7 Å². The number of halogens is 2. The van der Waals surface area contributed by atoms with Crippen LogP contribution < -0.4 is 5.32 Å². The van der Waals surface area contributed by atoms with Crippen molar-refractivity contribution in [2.45, 2.75) is 32.4 Å². The quantitative estimate of drug-likeness (QED) is 0.194. The summed E-state index contributed by atoms with van der Waals surface area (Å²) in [5, 5.41) is 8.42. The minimum atomic E-state index is -1.14. The Morgan fingerprint density at radius 1 is 1.23 bits per heavy atom. The Labute approximate surface area is 189 Å². The van der Waals surface area contributed by atoms with E-state index in [4.69, 9.17) is 4.74 Å². The minimum Gasteiger partial charge on any atom is -0.360 e. The molecule has 4 rings (SSSR count). The normalized spacial score (nSPS) is 15.1. The largest absolute Gasteiger partial charge is 0.360 e. The number of anilines is 1. The number of ether oxygens (including phenoxy) is 1. The summed E-state index contributed by atoms with van der Waals surface area (Å²) < 4.78 is 22.3. The Bertz CT molecular complexity index is 1170. The molecule has 3 aromatic rings. The molecule has 156 valence electrons. The molecule has 0 saturated heterocycles. The monoisotopic (exact) mass is 535 g/mol. The molecule has 0 fully saturated rings. The average molecular weight is 535 g/mol. The van der Waals surface area contributed by atoms with Gasteiger partial charge < -0.3 is 10.1 Å². The number of rotatable bonds is 6. The predicted octanol–water partition coefficient (Wildman–Crippen LogP) is 5.59. The first-order chi connectivity index (χ1) is 14.2. The van der Waals surface area contributed by atoms with Gasteiger partial charge in [-0.2, -0.15) is 5.10 Å². The van der Waals surface area contributed by atoms with E-state index in [0.717, 1.165) is 32.8 Å². The lowest BCUT2D eigenvalue weighted by Gasteiger charge is -2.15. The summed E-state index contributed by atoms with van der Waals surface area (Å²) in [5.74, 6) is -0.594. The van der Waals surface area contributed by atoms with Gasteiger partial charge in [-0.25, -0.2) is 9.07 Å². The minimum absolute atomic E-state index is 0.228. The molecule has 0 atom stereocenters. The molecule has 2 heterocycles. The first-order valence-corrected chi connectivity index (χ1v) is 14.6. The van der Waals surface area contributed by atoms with E-state index in [-0.39, 0.29) is 11.7 Å². The van der Waals surface area contributed by atoms with Crippen LogP contribution in [0.3, 0.4) is 0 Å². The molecule has 8 heteroatoms. The topological polar surface area (TPSA) is 56.2 Å². The van der Waals surface area contributed by atoms with Gasteiger partial charge in [0, 0.05) is 36.9 Å². The number of aromatic nitrogens is 2. The van der Waals surface area contributed by atoms with E-state index in [1.807, 2.05) is 22.9 Å². The molecule has 5 nitrogen and oxygen atoms in total. The lowest BCUT2D eigenvalue weighted by atomic mass is 10.0. The van der Waals surface area contributed by atoms with Gasteiger partial charge in [0.1, 0.15) is 16.2 Å². The summed E-state index contributed by atoms with van der Waals surface area (Å²) in [7, 11) is -1.14. The van der Waals surface area contributed by atoms with Gasteiger partial charge in [0.05, 0.1) is 5.52 Å². The number of hydrogen-bond acceptors (Lipinski definition) is 3. The number of nitrogens with one attached hydrogen (secondary N) is 1. The van der Waals surface area contributed by atoms with Crippen molar-refractivity contribution in [2.24, 2.45) is 0 Å². The Balaban J connectivity index is 1.63.